The van der Waals surface area contributed by atoms with E-state index in [1.165, 1.54) is 18.2 Å². The Morgan fingerprint density at radius 1 is 0.400 bits per heavy atom. The minimum absolute atomic E-state index is 0.0186. The number of carbonyl (C=O) groups is 3. The molecule has 0 aromatic heterocycles. The quantitative estimate of drug-likeness (QED) is 0.269. The number of rotatable bonds is 3. The van der Waals surface area contributed by atoms with Gasteiger partial charge in [0, 0.05) is 0 Å². The molecule has 8 nitrogen and oxygen atoms in total. The van der Waals surface area contributed by atoms with Gasteiger partial charge >= 0.3 is 17.9 Å². The molecule has 0 atom stereocenters. The van der Waals surface area contributed by atoms with Crippen LogP contribution in [0.4, 0.5) is 0 Å². The molecular formula is C27H24O8. The van der Waals surface area contributed by atoms with Gasteiger partial charge in [-0.15, -0.1) is 0 Å². The Balaban J connectivity index is 0.000000239. The molecule has 0 saturated carbocycles. The van der Waals surface area contributed by atoms with Gasteiger partial charge in [0.25, 0.3) is 0 Å². The van der Waals surface area contributed by atoms with E-state index in [9.17, 15) is 14.4 Å². The van der Waals surface area contributed by atoms with Crippen LogP contribution in [-0.2, 0) is 0 Å². The SMILES string of the molecule is O=C(O)c1cccc(C(=O)O)c1.O=C(O)c1ccccc1.Oc1ccccc1.Oc1ccccc1. The molecule has 0 heterocycles. The Labute approximate surface area is 201 Å². The number of para-hydroxylation sites is 2. The highest BCUT2D eigenvalue weighted by Crippen LogP contribution is 2.05. The second kappa shape index (κ2) is 15.7. The van der Waals surface area contributed by atoms with Crippen LogP contribution in [0.15, 0.2) is 115 Å². The minimum Gasteiger partial charge on any atom is -0.508 e. The number of aromatic hydroxyl groups is 2. The first-order valence-electron chi connectivity index (χ1n) is 10.0. The zero-order chi connectivity index (χ0) is 26.1. The van der Waals surface area contributed by atoms with Gasteiger partial charge in [0.1, 0.15) is 11.5 Å². The van der Waals surface area contributed by atoms with Gasteiger partial charge in [-0.25, -0.2) is 14.4 Å². The third-order valence-electron chi connectivity index (χ3n) is 3.89. The summed E-state index contributed by atoms with van der Waals surface area (Å²) in [5.41, 5.74) is 0.294. The van der Waals surface area contributed by atoms with Crippen LogP contribution in [0.25, 0.3) is 0 Å². The molecular weight excluding hydrogens is 452 g/mol. The first kappa shape index (κ1) is 27.9. The summed E-state index contributed by atoms with van der Waals surface area (Å²) in [6.07, 6.45) is 0. The molecule has 0 saturated heterocycles. The fraction of sp³-hybridized carbons (Fsp3) is 0. The lowest BCUT2D eigenvalue weighted by molar-refractivity contribution is 0.0682. The molecule has 0 aliphatic carbocycles. The molecule has 0 fully saturated rings. The Morgan fingerprint density at radius 3 is 0.914 bits per heavy atom. The van der Waals surface area contributed by atoms with Crippen molar-refractivity contribution in [2.75, 3.05) is 0 Å². The number of carboxylic acid groups (broad SMARTS) is 3. The lowest BCUT2D eigenvalue weighted by Crippen LogP contribution is -2.01. The first-order valence-corrected chi connectivity index (χ1v) is 10.0. The van der Waals surface area contributed by atoms with Gasteiger partial charge in [0.05, 0.1) is 16.7 Å². The van der Waals surface area contributed by atoms with Crippen LogP contribution in [0.2, 0.25) is 0 Å². The van der Waals surface area contributed by atoms with Crippen molar-refractivity contribution in [2.45, 2.75) is 0 Å². The number of carboxylic acids is 3. The highest BCUT2D eigenvalue weighted by atomic mass is 16.4. The Morgan fingerprint density at radius 2 is 0.686 bits per heavy atom. The van der Waals surface area contributed by atoms with E-state index in [2.05, 4.69) is 0 Å². The molecule has 0 aliphatic heterocycles. The largest absolute Gasteiger partial charge is 0.508 e. The van der Waals surface area contributed by atoms with Gasteiger partial charge in [-0.05, 0) is 54.6 Å². The topological polar surface area (TPSA) is 152 Å². The summed E-state index contributed by atoms with van der Waals surface area (Å²) in [6.45, 7) is 0. The van der Waals surface area contributed by atoms with Crippen LogP contribution in [0, 0.1) is 0 Å². The summed E-state index contributed by atoms with van der Waals surface area (Å²) >= 11 is 0. The fourth-order valence-electron chi connectivity index (χ4n) is 2.22. The summed E-state index contributed by atoms with van der Waals surface area (Å²) < 4.78 is 0. The highest BCUT2D eigenvalue weighted by Gasteiger charge is 2.06. The van der Waals surface area contributed by atoms with Crippen molar-refractivity contribution in [1.82, 2.24) is 0 Å². The molecule has 0 bridgehead atoms. The summed E-state index contributed by atoms with van der Waals surface area (Å²) in [5.74, 6) is -2.49. The van der Waals surface area contributed by atoms with E-state index >= 15 is 0 Å². The zero-order valence-electron chi connectivity index (χ0n) is 18.4. The van der Waals surface area contributed by atoms with Gasteiger partial charge in [-0.2, -0.15) is 0 Å². The predicted molar refractivity (Wildman–Crippen MR) is 130 cm³/mol. The van der Waals surface area contributed by atoms with Gasteiger partial charge in [0.15, 0.2) is 0 Å². The number of phenols is 2. The maximum atomic E-state index is 10.4. The van der Waals surface area contributed by atoms with Crippen molar-refractivity contribution in [3.63, 3.8) is 0 Å². The van der Waals surface area contributed by atoms with Crippen LogP contribution >= 0.6 is 0 Å². The number of phenolic OH excluding ortho intramolecular Hbond substituents is 2. The van der Waals surface area contributed by atoms with E-state index in [1.807, 2.05) is 12.1 Å². The maximum absolute atomic E-state index is 10.4. The third kappa shape index (κ3) is 12.5. The molecule has 8 heteroatoms. The van der Waals surface area contributed by atoms with E-state index in [-0.39, 0.29) is 11.1 Å². The number of benzene rings is 4. The molecule has 35 heavy (non-hydrogen) atoms. The van der Waals surface area contributed by atoms with Crippen LogP contribution in [0.3, 0.4) is 0 Å². The summed E-state index contributed by atoms with van der Waals surface area (Å²) in [4.78, 5) is 31.0. The van der Waals surface area contributed by atoms with Crippen LogP contribution in [0.5, 0.6) is 11.5 Å². The lowest BCUT2D eigenvalue weighted by atomic mass is 10.1. The van der Waals surface area contributed by atoms with E-state index in [0.717, 1.165) is 6.07 Å². The zero-order valence-corrected chi connectivity index (χ0v) is 18.4. The number of hydrogen-bond donors (Lipinski definition) is 5. The van der Waals surface area contributed by atoms with Crippen molar-refractivity contribution in [3.05, 3.63) is 132 Å². The van der Waals surface area contributed by atoms with E-state index in [1.54, 1.807) is 78.9 Å². The van der Waals surface area contributed by atoms with Crippen molar-refractivity contribution in [2.24, 2.45) is 0 Å². The average Bonchev–Trinajstić information content (AvgIpc) is 2.87. The Kier molecular flexibility index (Phi) is 12.5. The highest BCUT2D eigenvalue weighted by molar-refractivity contribution is 5.93. The number of hydrogen-bond acceptors (Lipinski definition) is 5. The summed E-state index contributed by atoms with van der Waals surface area (Å²) in [5, 5.41) is 42.6. The molecule has 0 amide bonds. The lowest BCUT2D eigenvalue weighted by Gasteiger charge is -1.95. The molecule has 180 valence electrons. The predicted octanol–water partition coefficient (Wildman–Crippen LogP) is 5.25. The smallest absolute Gasteiger partial charge is 0.335 e. The second-order valence-corrected chi connectivity index (χ2v) is 6.53. The molecule has 0 aliphatic rings. The van der Waals surface area contributed by atoms with E-state index in [0.29, 0.717) is 17.1 Å². The summed E-state index contributed by atoms with van der Waals surface area (Å²) in [7, 11) is 0. The van der Waals surface area contributed by atoms with Gasteiger partial charge in [-0.3, -0.25) is 0 Å². The Bertz CT molecular complexity index is 1110. The maximum Gasteiger partial charge on any atom is 0.335 e. The average molecular weight is 476 g/mol. The van der Waals surface area contributed by atoms with Crippen LogP contribution in [-0.4, -0.2) is 43.4 Å². The monoisotopic (exact) mass is 476 g/mol. The fourth-order valence-corrected chi connectivity index (χ4v) is 2.22. The molecule has 0 unspecified atom stereocenters. The molecule has 4 aromatic rings. The molecule has 0 spiro atoms. The number of aromatic carboxylic acids is 3. The van der Waals surface area contributed by atoms with Gasteiger partial charge in [-0.1, -0.05) is 60.7 Å². The minimum atomic E-state index is -1.13. The molecule has 5 N–H and O–H groups in total. The summed E-state index contributed by atoms with van der Waals surface area (Å²) in [6, 6.07) is 30.9. The molecule has 0 radical (unpaired) electrons. The first-order chi connectivity index (χ1) is 16.7. The van der Waals surface area contributed by atoms with Crippen molar-refractivity contribution < 1.29 is 39.9 Å². The van der Waals surface area contributed by atoms with Crippen molar-refractivity contribution in [1.29, 1.82) is 0 Å². The van der Waals surface area contributed by atoms with E-state index < -0.39 is 17.9 Å². The van der Waals surface area contributed by atoms with Crippen LogP contribution in [0.1, 0.15) is 31.1 Å². The van der Waals surface area contributed by atoms with E-state index in [4.69, 9.17) is 25.5 Å². The van der Waals surface area contributed by atoms with Crippen LogP contribution < -0.4 is 0 Å². The molecule has 4 aromatic carbocycles. The van der Waals surface area contributed by atoms with Gasteiger partial charge < -0.3 is 25.5 Å². The standard InChI is InChI=1S/C8H6O4.C7H6O2.2C6H6O/c9-7(10)5-2-1-3-6(4-5)8(11)12;8-7(9)6-4-2-1-3-5-6;2*7-6-4-2-1-3-5-6/h1-4H,(H,9,10)(H,11,12);1-5H,(H,8,9);2*1-5,7H. The normalized spacial score (nSPS) is 8.91. The van der Waals surface area contributed by atoms with Crippen molar-refractivity contribution >= 4 is 17.9 Å². The third-order valence-corrected chi connectivity index (χ3v) is 3.89. The Hall–Kier alpha value is -5.11. The van der Waals surface area contributed by atoms with Crippen molar-refractivity contribution in [3.8, 4) is 11.5 Å². The van der Waals surface area contributed by atoms with Gasteiger partial charge in [0.2, 0.25) is 0 Å². The molecule has 4 rings (SSSR count). The second-order valence-electron chi connectivity index (χ2n) is 6.53.